The second-order valence-corrected chi connectivity index (χ2v) is 26.4. The molecular weight excluding hydrogens is 1570 g/mol. The molecule has 0 aliphatic rings. The van der Waals surface area contributed by atoms with Gasteiger partial charge >= 0.3 is 0 Å². The van der Waals surface area contributed by atoms with Crippen LogP contribution in [0.1, 0.15) is 104 Å². The number of fused-ring (bicyclic) bond motifs is 12. The molecule has 129 heavy (non-hydrogen) atoms. The number of aromatic nitrogens is 6. The highest BCUT2D eigenvalue weighted by Crippen LogP contribution is 2.45. The summed E-state index contributed by atoms with van der Waals surface area (Å²) in [4.78, 5) is 25.2. The number of nitrogens with zero attached hydrogens (tertiary/aromatic N) is 6. The molecule has 604 valence electrons. The first kappa shape index (κ1) is 31.1. The molecule has 0 saturated heterocycles. The first-order valence-electron chi connectivity index (χ1n) is 75.2. The van der Waals surface area contributed by atoms with Crippen molar-refractivity contribution in [3.8, 4) is 146 Å². The largest absolute Gasteiger partial charge is 0.456 e. The SMILES string of the molecule is [2H]c1nc2c(c([2H])c1[2H])c([2H])c([2H])c1c([2H])c([2H])c(-c3c([2H])c([2H])c(-c4c([2H])c([2H])c(-c5c(-c6c([2H])c([2H])c([2H])c([2H])c6[2H])oc(-c6c([2H])c([2H])c([2H])c([2H])c6[2H])c5[2H])c([2H])c4[2H])c4c([2H])c([2H])c([2H])c([2H])c34)nc12.[2H]c1nc2c(c([2H])c1[2H])c([2H])c([2H])c1c([2H])c([2H])c(-c3c([2H])c([2H])c(-c4c([2H])c([2H])c(-c5oc(-c6c([2H])c([2H])c([2H])c([2H])c6[2H])c([2H])c5[2H])c([2H])c4[2H])c4c([2H])c([2H])c([2H])c([2H])c34)nc12.[2H]c1nc2c(c([2H])c1[2H])c([2H])c([2H])c1c([2H])c([2H])c(-c3c([2H])c([2H])c(-c4c([2H])c([2H])c([2H])c(-c5oc(-c6c([2H])c([2H])c([2H])c([2H])c6[2H])c([2H])c5[2H])c4[2H])c4c([2H])c([2H])c([2H])c([2H])c34)nc12. The van der Waals surface area contributed by atoms with Crippen LogP contribution in [0.5, 0.6) is 0 Å². The molecule has 0 spiro atoms. The van der Waals surface area contributed by atoms with Crippen molar-refractivity contribution in [2.45, 2.75) is 0 Å². The van der Waals surface area contributed by atoms with Crippen molar-refractivity contribution in [3.05, 3.63) is 460 Å². The molecule has 0 radical (unpaired) electrons. The summed E-state index contributed by atoms with van der Waals surface area (Å²) >= 11 is 0. The molecule has 9 aromatic heterocycles. The lowest BCUT2D eigenvalue weighted by atomic mass is 9.92. The van der Waals surface area contributed by atoms with Crippen molar-refractivity contribution >= 4 is 97.7 Å². The Balaban J connectivity index is 0.000000158. The Hall–Kier alpha value is -17.4. The lowest BCUT2D eigenvalue weighted by Gasteiger charge is -2.13. The molecule has 0 unspecified atom stereocenters. The van der Waals surface area contributed by atoms with Crippen LogP contribution in [-0.2, 0) is 0 Å². The lowest BCUT2D eigenvalue weighted by Crippen LogP contribution is -1.91. The molecule has 0 aliphatic heterocycles. The van der Waals surface area contributed by atoms with E-state index in [0.29, 0.717) is 0 Å². The zero-order chi connectivity index (χ0) is 152. The molecule has 0 saturated carbocycles. The molecule has 0 fully saturated rings. The Bertz CT molecular complexity index is 13400. The third-order valence-electron chi connectivity index (χ3n) is 19.0. The number of hydrogen-bond donors (Lipinski definition) is 0. The van der Waals surface area contributed by atoms with Crippen LogP contribution in [-0.4, -0.2) is 29.9 Å². The summed E-state index contributed by atoms with van der Waals surface area (Å²) < 4.78 is 680. The highest BCUT2D eigenvalue weighted by molar-refractivity contribution is 6.11. The average molecular weight is 1730 g/mol. The number of benzene rings is 16. The van der Waals surface area contributed by atoms with Gasteiger partial charge < -0.3 is 13.3 Å². The number of hydrogen-bond acceptors (Lipinski definition) is 9. The predicted molar refractivity (Wildman–Crippen MR) is 531 cm³/mol. The second-order valence-electron chi connectivity index (χ2n) is 26.4. The van der Waals surface area contributed by atoms with E-state index in [1.807, 2.05) is 0 Å². The van der Waals surface area contributed by atoms with Gasteiger partial charge in [0.1, 0.15) is 34.6 Å². The molecule has 9 heteroatoms. The van der Waals surface area contributed by atoms with Crippen LogP contribution in [0, 0.1) is 0 Å². The van der Waals surface area contributed by atoms with E-state index in [4.69, 9.17) is 101 Å². The number of pyridine rings is 6. The van der Waals surface area contributed by atoms with Crippen LogP contribution in [0.4, 0.5) is 0 Å². The fraction of sp³-hybridized carbons (Fsp3) is 0. The molecule has 0 N–H and O–H groups in total. The van der Waals surface area contributed by atoms with Crippen molar-refractivity contribution in [1.82, 2.24) is 29.9 Å². The summed E-state index contributed by atoms with van der Waals surface area (Å²) in [6.07, 6.45) is -2.26. The van der Waals surface area contributed by atoms with Crippen LogP contribution < -0.4 is 0 Å². The molecule has 0 aliphatic carbocycles. The third kappa shape index (κ3) is 14.7. The van der Waals surface area contributed by atoms with Crippen LogP contribution >= 0.6 is 0 Å². The molecular formula is C120H76N6O3. The molecule has 16 aromatic carbocycles. The lowest BCUT2D eigenvalue weighted by molar-refractivity contribution is 0.597. The smallest absolute Gasteiger partial charge is 0.142 e. The van der Waals surface area contributed by atoms with Gasteiger partial charge in [0.25, 0.3) is 0 Å². The Morgan fingerprint density at radius 2 is 0.434 bits per heavy atom. The van der Waals surface area contributed by atoms with E-state index >= 15 is 0 Å². The molecule has 25 rings (SSSR count). The quantitative estimate of drug-likeness (QED) is 0.104. The molecule has 0 amide bonds. The van der Waals surface area contributed by atoms with Gasteiger partial charge in [-0.2, -0.15) is 0 Å². The van der Waals surface area contributed by atoms with E-state index < -0.39 is 704 Å². The van der Waals surface area contributed by atoms with Crippen LogP contribution in [0.2, 0.25) is 0 Å². The Kier molecular flexibility index (Phi) is 8.03. The maximum atomic E-state index is 9.46. The molecule has 0 atom stereocenters. The van der Waals surface area contributed by atoms with Crippen molar-refractivity contribution in [2.24, 2.45) is 0 Å². The first-order valence-corrected chi connectivity index (χ1v) is 37.2. The highest BCUT2D eigenvalue weighted by Gasteiger charge is 2.22. The topological polar surface area (TPSA) is 117 Å². The van der Waals surface area contributed by atoms with Gasteiger partial charge in [0, 0.05) is 106 Å². The van der Waals surface area contributed by atoms with Crippen LogP contribution in [0.3, 0.4) is 0 Å². The van der Waals surface area contributed by atoms with Crippen molar-refractivity contribution in [1.29, 1.82) is 0 Å². The van der Waals surface area contributed by atoms with E-state index in [0.717, 1.165) is 0 Å². The summed E-state index contributed by atoms with van der Waals surface area (Å²) in [5, 5.41) is -6.72. The van der Waals surface area contributed by atoms with E-state index in [2.05, 4.69) is 29.9 Å². The van der Waals surface area contributed by atoms with Crippen molar-refractivity contribution in [2.75, 3.05) is 0 Å². The van der Waals surface area contributed by atoms with Crippen molar-refractivity contribution < 1.29 is 117 Å². The fourth-order valence-corrected chi connectivity index (χ4v) is 13.2. The molecule has 9 nitrogen and oxygen atoms in total. The van der Waals surface area contributed by atoms with Gasteiger partial charge in [-0.1, -0.05) is 369 Å². The Labute approximate surface area is 850 Å². The van der Waals surface area contributed by atoms with Gasteiger partial charge in [0.15, 0.2) is 0 Å². The summed E-state index contributed by atoms with van der Waals surface area (Å²) in [6, 6.07) is -64.7. The van der Waals surface area contributed by atoms with Crippen LogP contribution in [0.15, 0.2) is 473 Å². The van der Waals surface area contributed by atoms with E-state index in [9.17, 15) is 16.4 Å². The van der Waals surface area contributed by atoms with E-state index in [1.165, 1.54) is 0 Å². The van der Waals surface area contributed by atoms with E-state index in [1.54, 1.807) is 0 Å². The van der Waals surface area contributed by atoms with Gasteiger partial charge in [-0.3, -0.25) is 15.0 Å². The molecule has 9 heterocycles. The fourth-order valence-electron chi connectivity index (χ4n) is 13.2. The Morgan fingerprint density at radius 3 is 0.814 bits per heavy atom. The monoisotopic (exact) mass is 1730 g/mol. The first-order chi connectivity index (χ1) is 95.6. The minimum Gasteiger partial charge on any atom is -0.456 e. The maximum Gasteiger partial charge on any atom is 0.142 e. The second kappa shape index (κ2) is 33.3. The van der Waals surface area contributed by atoms with Gasteiger partial charge in [0.05, 0.1) is 154 Å². The molecule has 25 aromatic rings. The zero-order valence-corrected chi connectivity index (χ0v) is 63.9. The summed E-state index contributed by atoms with van der Waals surface area (Å²) in [5.41, 5.74) is -17.8. The third-order valence-corrected chi connectivity index (χ3v) is 19.0. The average Bonchev–Trinajstić information content (AvgIpc) is 1.03. The van der Waals surface area contributed by atoms with E-state index in [-0.39, 0.29) is 0 Å². The predicted octanol–water partition coefficient (Wildman–Crippen LogP) is 32.3. The maximum absolute atomic E-state index is 9.46. The van der Waals surface area contributed by atoms with Gasteiger partial charge in [-0.05, 0) is 144 Å². The minimum absolute atomic E-state index is 0.406. The summed E-state index contributed by atoms with van der Waals surface area (Å²) in [7, 11) is 0. The standard InChI is InChI=1S/C44H28N2O.2C38H24N2O/c1-3-10-31(11-4-1)41-28-39(44(47-41)34-12-5-2-6-13-34)30-19-17-29(18-20-30)35-24-25-38(37-16-8-7-15-36(35)37)40-26-23-33-22-21-32-14-9-27-45-42(32)43(33)46-40;1-2-8-25(9-3-1)35-21-22-36(41-35)29-11-6-10-28(24-29)30-18-19-33(32-14-5-4-13-31(30)32)34-20-17-27-16-15-26-12-7-23-39-37(26)38(27)40-34;1-2-7-26(8-3-1)35-22-23-36(41-35)27-14-12-25(13-15-27)30-19-20-33(32-11-5-4-10-31(30)32)34-21-18-29-17-16-28-9-6-24-39-37(28)38(29)40-34/h1-28H;2*1-24H/i1D,2D,3D,4D,5D,6D,7D,8D,9D,10D,11D,12D,13D,14D,15D,16D,17D,18D,19D,20D,21D,22D,23D,24D,25D,26D,27D,28D;2*1D,2D,3D,4D,5D,6D,7D,8D,9D,10D,11D,12D,13D,14D,15D,16D,17D,18D,19D,20D,21D,22D,23D,24D. The van der Waals surface area contributed by atoms with Gasteiger partial charge in [-0.15, -0.1) is 0 Å². The van der Waals surface area contributed by atoms with Crippen LogP contribution in [0.25, 0.3) is 244 Å². The summed E-state index contributed by atoms with van der Waals surface area (Å²) in [5.74, 6) is -4.85. The summed E-state index contributed by atoms with van der Waals surface area (Å²) in [6.45, 7) is 0. The molecule has 0 bridgehead atoms. The zero-order valence-electron chi connectivity index (χ0n) is 140. The van der Waals surface area contributed by atoms with Gasteiger partial charge in [0.2, 0.25) is 0 Å². The van der Waals surface area contributed by atoms with Crippen molar-refractivity contribution in [3.63, 3.8) is 0 Å². The highest BCUT2D eigenvalue weighted by atomic mass is 16.3. The normalized spacial score (nSPS) is 19.7. The minimum atomic E-state index is -1.13. The number of furan rings is 3. The Morgan fingerprint density at radius 1 is 0.163 bits per heavy atom. The van der Waals surface area contributed by atoms with Gasteiger partial charge in [-0.25, -0.2) is 15.0 Å². The number of rotatable bonds is 13.